The van der Waals surface area contributed by atoms with Crippen molar-refractivity contribution in [3.05, 3.63) is 34.2 Å². The Kier molecular flexibility index (Phi) is 0.707. The molecule has 2 heteroatoms. The topological polar surface area (TPSA) is 9.23 Å². The fourth-order valence-electron chi connectivity index (χ4n) is 0.738. The van der Waals surface area contributed by atoms with E-state index in [2.05, 4.69) is 20.7 Å². The van der Waals surface area contributed by atoms with Crippen LogP contribution < -0.4 is 0 Å². The molecule has 12 heavy (non-hydrogen) atoms. The highest BCUT2D eigenvalue weighted by molar-refractivity contribution is 9.10. The van der Waals surface area contributed by atoms with Gasteiger partial charge in [0.05, 0.1) is 17.5 Å². The van der Waals surface area contributed by atoms with Crippen molar-refractivity contribution in [2.45, 2.75) is 12.3 Å². The molecule has 0 bridgehead atoms. The van der Waals surface area contributed by atoms with Gasteiger partial charge in [-0.1, -0.05) is 28.0 Å². The van der Waals surface area contributed by atoms with Gasteiger partial charge in [-0.15, -0.1) is 0 Å². The van der Waals surface area contributed by atoms with Crippen LogP contribution in [0.3, 0.4) is 0 Å². The molecule has 1 fully saturated rings. The van der Waals surface area contributed by atoms with E-state index >= 15 is 0 Å². The van der Waals surface area contributed by atoms with Crippen LogP contribution in [0.15, 0.2) is 28.6 Å². The molecule has 1 aromatic carbocycles. The molecule has 1 atom stereocenters. The van der Waals surface area contributed by atoms with Crippen LogP contribution in [0, 0.1) is 0 Å². The van der Waals surface area contributed by atoms with E-state index in [9.17, 15) is 0 Å². The highest BCUT2D eigenvalue weighted by Crippen LogP contribution is 2.26. The Morgan fingerprint density at radius 2 is 2.67 bits per heavy atom. The van der Waals surface area contributed by atoms with E-state index in [0.717, 1.165) is 0 Å². The van der Waals surface area contributed by atoms with E-state index in [0.29, 0.717) is 0 Å². The van der Waals surface area contributed by atoms with Gasteiger partial charge in [0.15, 0.2) is 0 Å². The van der Waals surface area contributed by atoms with Gasteiger partial charge in [-0.2, -0.15) is 0 Å². The highest BCUT2D eigenvalue weighted by atomic mass is 79.9. The van der Waals surface area contributed by atoms with Gasteiger partial charge in [0.25, 0.3) is 0 Å². The maximum absolute atomic E-state index is 8.31. The Bertz CT molecular complexity index is 659. The first-order chi connectivity index (χ1) is 10.1. The van der Waals surface area contributed by atoms with E-state index in [4.69, 9.17) is 15.1 Å². The van der Waals surface area contributed by atoms with E-state index < -0.39 is 55.1 Å². The van der Waals surface area contributed by atoms with Gasteiger partial charge in [0, 0.05) is 21.0 Å². The zero-order valence-corrected chi connectivity index (χ0v) is 7.37. The van der Waals surface area contributed by atoms with E-state index in [1.165, 1.54) is 0 Å². The first-order valence-electron chi connectivity index (χ1n) is 8.60. The summed E-state index contributed by atoms with van der Waals surface area (Å²) < 4.78 is 89.9. The molecule has 0 saturated carbocycles. The van der Waals surface area contributed by atoms with Crippen LogP contribution in [0.1, 0.15) is 32.9 Å². The summed E-state index contributed by atoms with van der Waals surface area (Å²) >= 11 is 2.85. The SMILES string of the molecule is [2H]c1c([2H])c(Br)c([2H])c(C2([2H])C([2H])([2H])OC([2H])([2H])C2([2H])[2H])c1[2H]. The average molecular weight is 238 g/mol. The molecule has 2 rings (SSSR count). The summed E-state index contributed by atoms with van der Waals surface area (Å²) in [4.78, 5) is 0. The summed E-state index contributed by atoms with van der Waals surface area (Å²) in [6.45, 7) is -6.40. The lowest BCUT2D eigenvalue weighted by Gasteiger charge is -2.07. The van der Waals surface area contributed by atoms with Crippen molar-refractivity contribution >= 4 is 15.9 Å². The Morgan fingerprint density at radius 1 is 1.75 bits per heavy atom. The second kappa shape index (κ2) is 3.58. The third-order valence-electron chi connectivity index (χ3n) is 1.22. The summed E-state index contributed by atoms with van der Waals surface area (Å²) in [5.74, 6) is -3.12. The van der Waals surface area contributed by atoms with E-state index in [-0.39, 0.29) is 4.47 Å². The minimum absolute atomic E-state index is 0.306. The van der Waals surface area contributed by atoms with Crippen molar-refractivity contribution in [2.24, 2.45) is 0 Å². The van der Waals surface area contributed by atoms with Gasteiger partial charge in [-0.3, -0.25) is 0 Å². The standard InChI is InChI=1S/C10H11BrO/c11-10-3-1-2-8(6-10)9-4-5-12-7-9/h1-3,6,9H,4-5,7H2/i1D,2D,3D,4D2,5D2,6D,7D2,9D. The Labute approximate surface area is 96.3 Å². The smallest absolute Gasteiger partial charge is 0.0638 e. The number of hydrogen-bond acceptors (Lipinski definition) is 1. The van der Waals surface area contributed by atoms with Gasteiger partial charge >= 0.3 is 0 Å². The quantitative estimate of drug-likeness (QED) is 0.730. The third-order valence-corrected chi connectivity index (χ3v) is 1.62. The molecule has 1 nitrogen and oxygen atoms in total. The van der Waals surface area contributed by atoms with Gasteiger partial charge in [0.2, 0.25) is 0 Å². The van der Waals surface area contributed by atoms with Crippen LogP contribution >= 0.6 is 15.9 Å². The van der Waals surface area contributed by atoms with Crippen LogP contribution in [0.2, 0.25) is 0 Å². The van der Waals surface area contributed by atoms with Crippen molar-refractivity contribution in [3.63, 3.8) is 0 Å². The van der Waals surface area contributed by atoms with Gasteiger partial charge in [-0.05, 0) is 24.0 Å². The number of rotatable bonds is 1. The molecule has 0 amide bonds. The Balaban J connectivity index is 2.95. The lowest BCUT2D eigenvalue weighted by Crippen LogP contribution is -1.96. The number of ether oxygens (including phenoxy) is 1. The van der Waals surface area contributed by atoms with Crippen LogP contribution in [0.4, 0.5) is 0 Å². The largest absolute Gasteiger partial charge is 0.381 e. The van der Waals surface area contributed by atoms with Crippen LogP contribution in [0.5, 0.6) is 0 Å². The molecule has 1 aromatic rings. The summed E-state index contributed by atoms with van der Waals surface area (Å²) in [6.07, 6.45) is -3.26. The van der Waals surface area contributed by atoms with Crippen molar-refractivity contribution in [1.29, 1.82) is 0 Å². The maximum atomic E-state index is 8.31. The molecular weight excluding hydrogens is 216 g/mol. The third kappa shape index (κ3) is 1.70. The molecule has 0 aliphatic carbocycles. The molecule has 1 aliphatic rings. The molecule has 1 heterocycles. The summed E-state index contributed by atoms with van der Waals surface area (Å²) in [6, 6.07) is -2.86. The maximum Gasteiger partial charge on any atom is 0.0638 e. The second-order valence-electron chi connectivity index (χ2n) is 2.00. The molecule has 0 N–H and O–H groups in total. The van der Waals surface area contributed by atoms with Crippen LogP contribution in [-0.4, -0.2) is 13.1 Å². The van der Waals surface area contributed by atoms with Crippen molar-refractivity contribution < 1.29 is 19.8 Å². The molecule has 1 aliphatic heterocycles. The average Bonchev–Trinajstić information content (AvgIpc) is 2.49. The van der Waals surface area contributed by atoms with Crippen molar-refractivity contribution in [3.8, 4) is 0 Å². The van der Waals surface area contributed by atoms with Crippen LogP contribution in [-0.2, 0) is 4.74 Å². The Morgan fingerprint density at radius 3 is 3.42 bits per heavy atom. The molecule has 1 unspecified atom stereocenters. The summed E-state index contributed by atoms with van der Waals surface area (Å²) in [7, 11) is 0. The Hall–Kier alpha value is -0.340. The fraction of sp³-hybridized carbons (Fsp3) is 0.400. The lowest BCUT2D eigenvalue weighted by atomic mass is 9.99. The highest BCUT2D eigenvalue weighted by Gasteiger charge is 2.17. The lowest BCUT2D eigenvalue weighted by molar-refractivity contribution is 0.194. The molecule has 1 saturated heterocycles. The van der Waals surface area contributed by atoms with E-state index in [1.54, 1.807) is 0 Å². The molecule has 0 radical (unpaired) electrons. The molecule has 0 spiro atoms. The van der Waals surface area contributed by atoms with Crippen molar-refractivity contribution in [2.75, 3.05) is 13.1 Å². The van der Waals surface area contributed by atoms with E-state index in [1.807, 2.05) is 0 Å². The summed E-state index contributed by atoms with van der Waals surface area (Å²) in [5.41, 5.74) is -0.846. The minimum Gasteiger partial charge on any atom is -0.381 e. The number of halogens is 1. The summed E-state index contributed by atoms with van der Waals surface area (Å²) in [5, 5.41) is 0. The molecule has 64 valence electrons. The number of hydrogen-bond donors (Lipinski definition) is 0. The molecular formula is C10H11BrO. The zero-order valence-electron chi connectivity index (χ0n) is 16.8. The second-order valence-corrected chi connectivity index (χ2v) is 2.79. The zero-order chi connectivity index (χ0) is 18.2. The predicted octanol–water partition coefficient (Wildman–Crippen LogP) is 2.95. The van der Waals surface area contributed by atoms with Crippen LogP contribution in [0.25, 0.3) is 0 Å². The minimum atomic E-state index is -3.26. The fourth-order valence-corrected chi connectivity index (χ4v) is 1.04. The number of benzene rings is 1. The van der Waals surface area contributed by atoms with Crippen molar-refractivity contribution in [1.82, 2.24) is 0 Å². The first kappa shape index (κ1) is 2.37. The van der Waals surface area contributed by atoms with Gasteiger partial charge in [-0.25, -0.2) is 0 Å². The molecule has 0 aromatic heterocycles. The normalized spacial score (nSPS) is 54.9. The monoisotopic (exact) mass is 237 g/mol. The predicted molar refractivity (Wildman–Crippen MR) is 52.3 cm³/mol. The first-order valence-corrected chi connectivity index (χ1v) is 3.89. The van der Waals surface area contributed by atoms with Gasteiger partial charge < -0.3 is 4.74 Å². The van der Waals surface area contributed by atoms with Gasteiger partial charge in [0.1, 0.15) is 0 Å².